The third kappa shape index (κ3) is 5.03. The van der Waals surface area contributed by atoms with Gasteiger partial charge in [0.15, 0.2) is 0 Å². The van der Waals surface area contributed by atoms with E-state index >= 15 is 0 Å². The Morgan fingerprint density at radius 2 is 2.05 bits per heavy atom. The number of nitrogens with zero attached hydrogens (tertiary/aromatic N) is 1. The molecule has 20 heavy (non-hydrogen) atoms. The topological polar surface area (TPSA) is 95.1 Å². The number of carboxylic acid groups (broad SMARTS) is 1. The van der Waals surface area contributed by atoms with Crippen molar-refractivity contribution in [2.75, 3.05) is 11.9 Å². The van der Waals surface area contributed by atoms with Crippen LogP contribution in [-0.2, 0) is 4.79 Å². The number of carbonyl (C=O) groups is 1. The van der Waals surface area contributed by atoms with E-state index in [0.717, 1.165) is 0 Å². The number of carboxylic acids is 1. The van der Waals surface area contributed by atoms with Crippen molar-refractivity contribution in [1.29, 1.82) is 0 Å². The van der Waals surface area contributed by atoms with Crippen LogP contribution in [-0.4, -0.2) is 27.6 Å². The van der Waals surface area contributed by atoms with Crippen LogP contribution in [0.4, 0.5) is 5.82 Å². The van der Waals surface area contributed by atoms with Crippen molar-refractivity contribution >= 4 is 11.8 Å². The molecule has 0 fully saturated rings. The van der Waals surface area contributed by atoms with Gasteiger partial charge >= 0.3 is 5.97 Å². The highest BCUT2D eigenvalue weighted by atomic mass is 16.4. The molecule has 1 aromatic heterocycles. The Labute approximate surface area is 118 Å². The average Bonchev–Trinajstić information content (AvgIpc) is 2.33. The van der Waals surface area contributed by atoms with E-state index in [2.05, 4.69) is 15.3 Å². The fourth-order valence-electron chi connectivity index (χ4n) is 1.91. The second-order valence-corrected chi connectivity index (χ2v) is 5.72. The number of hydrogen-bond donors (Lipinski definition) is 3. The van der Waals surface area contributed by atoms with Gasteiger partial charge in [0.2, 0.25) is 0 Å². The minimum absolute atomic E-state index is 0.107. The number of aliphatic carboxylic acids is 1. The zero-order valence-corrected chi connectivity index (χ0v) is 12.4. The molecular formula is C14H23N3O3. The lowest BCUT2D eigenvalue weighted by Crippen LogP contribution is -2.25. The van der Waals surface area contributed by atoms with Gasteiger partial charge in [-0.2, -0.15) is 0 Å². The van der Waals surface area contributed by atoms with Gasteiger partial charge in [-0.15, -0.1) is 0 Å². The lowest BCUT2D eigenvalue weighted by atomic mass is 9.97. The van der Waals surface area contributed by atoms with E-state index in [1.54, 1.807) is 0 Å². The lowest BCUT2D eigenvalue weighted by molar-refractivity contribution is -0.141. The lowest BCUT2D eigenvalue weighted by Gasteiger charge is -2.16. The molecule has 0 aliphatic rings. The Balaban J connectivity index is 2.77. The number of nitrogens with one attached hydrogen (secondary N) is 2. The molecule has 6 heteroatoms. The van der Waals surface area contributed by atoms with E-state index in [1.165, 1.54) is 6.07 Å². The summed E-state index contributed by atoms with van der Waals surface area (Å²) in [6.45, 7) is 8.10. The van der Waals surface area contributed by atoms with Crippen LogP contribution in [0.3, 0.4) is 0 Å². The maximum absolute atomic E-state index is 11.5. The van der Waals surface area contributed by atoms with Crippen LogP contribution in [0.25, 0.3) is 0 Å². The first-order valence-corrected chi connectivity index (χ1v) is 6.87. The molecular weight excluding hydrogens is 258 g/mol. The van der Waals surface area contributed by atoms with Gasteiger partial charge in [0.1, 0.15) is 11.6 Å². The van der Waals surface area contributed by atoms with Gasteiger partial charge in [-0.1, -0.05) is 27.7 Å². The van der Waals surface area contributed by atoms with Gasteiger partial charge in [-0.05, 0) is 12.3 Å². The summed E-state index contributed by atoms with van der Waals surface area (Å²) in [4.78, 5) is 29.6. The first kappa shape index (κ1) is 16.2. The van der Waals surface area contributed by atoms with Gasteiger partial charge < -0.3 is 15.4 Å². The molecule has 1 atom stereocenters. The molecule has 0 radical (unpaired) electrons. The highest BCUT2D eigenvalue weighted by Crippen LogP contribution is 2.14. The summed E-state index contributed by atoms with van der Waals surface area (Å²) < 4.78 is 0. The largest absolute Gasteiger partial charge is 0.481 e. The van der Waals surface area contributed by atoms with E-state index in [9.17, 15) is 9.59 Å². The Kier molecular flexibility index (Phi) is 5.73. The first-order valence-electron chi connectivity index (χ1n) is 6.87. The minimum atomic E-state index is -0.833. The molecule has 1 heterocycles. The molecule has 1 aromatic rings. The summed E-state index contributed by atoms with van der Waals surface area (Å²) in [6, 6.07) is 1.35. The smallest absolute Gasteiger partial charge is 0.308 e. The molecule has 0 spiro atoms. The summed E-state index contributed by atoms with van der Waals surface area (Å²) in [5.41, 5.74) is -0.234. The van der Waals surface area contributed by atoms with Crippen LogP contribution >= 0.6 is 0 Å². The molecule has 0 aromatic carbocycles. The van der Waals surface area contributed by atoms with Crippen molar-refractivity contribution in [2.24, 2.45) is 11.8 Å². The highest BCUT2D eigenvalue weighted by Gasteiger charge is 2.19. The molecule has 1 rings (SSSR count). The number of H-pyrrole nitrogens is 1. The van der Waals surface area contributed by atoms with E-state index in [-0.39, 0.29) is 18.0 Å². The van der Waals surface area contributed by atoms with Crippen LogP contribution in [0, 0.1) is 11.8 Å². The van der Waals surface area contributed by atoms with Crippen molar-refractivity contribution in [3.63, 3.8) is 0 Å². The van der Waals surface area contributed by atoms with Crippen molar-refractivity contribution in [1.82, 2.24) is 9.97 Å². The van der Waals surface area contributed by atoms with Gasteiger partial charge in [0, 0.05) is 18.5 Å². The summed E-state index contributed by atoms with van der Waals surface area (Å²) in [7, 11) is 0. The summed E-state index contributed by atoms with van der Waals surface area (Å²) in [5.74, 6) is 0.105. The fourth-order valence-corrected chi connectivity index (χ4v) is 1.91. The Hall–Kier alpha value is -1.85. The van der Waals surface area contributed by atoms with Crippen LogP contribution in [0.1, 0.15) is 45.9 Å². The summed E-state index contributed by atoms with van der Waals surface area (Å²) in [5, 5.41) is 12.1. The Bertz CT molecular complexity index is 509. The van der Waals surface area contributed by atoms with Gasteiger partial charge in [0.05, 0.1) is 5.92 Å². The third-order valence-corrected chi connectivity index (χ3v) is 2.94. The quantitative estimate of drug-likeness (QED) is 0.711. The maximum atomic E-state index is 11.5. The normalized spacial score (nSPS) is 12.7. The highest BCUT2D eigenvalue weighted by molar-refractivity contribution is 5.70. The molecule has 112 valence electrons. The van der Waals surface area contributed by atoms with Crippen molar-refractivity contribution in [3.05, 3.63) is 22.2 Å². The van der Waals surface area contributed by atoms with Crippen molar-refractivity contribution < 1.29 is 9.90 Å². The number of rotatable bonds is 7. The van der Waals surface area contributed by atoms with E-state index in [1.807, 2.05) is 27.7 Å². The number of hydrogen-bond acceptors (Lipinski definition) is 4. The molecule has 3 N–H and O–H groups in total. The molecule has 0 bridgehead atoms. The van der Waals surface area contributed by atoms with Crippen molar-refractivity contribution in [2.45, 2.75) is 40.0 Å². The Morgan fingerprint density at radius 3 is 2.55 bits per heavy atom. The molecule has 0 saturated carbocycles. The van der Waals surface area contributed by atoms with E-state index < -0.39 is 11.9 Å². The van der Waals surface area contributed by atoms with Crippen LogP contribution in [0.5, 0.6) is 0 Å². The summed E-state index contributed by atoms with van der Waals surface area (Å²) >= 11 is 0. The van der Waals surface area contributed by atoms with E-state index in [0.29, 0.717) is 24.0 Å². The minimum Gasteiger partial charge on any atom is -0.481 e. The first-order chi connectivity index (χ1) is 9.29. The maximum Gasteiger partial charge on any atom is 0.308 e. The van der Waals surface area contributed by atoms with E-state index in [4.69, 9.17) is 5.11 Å². The summed E-state index contributed by atoms with van der Waals surface area (Å²) in [6.07, 6.45) is 0.586. The van der Waals surface area contributed by atoms with Gasteiger partial charge in [-0.25, -0.2) is 4.98 Å². The van der Waals surface area contributed by atoms with Gasteiger partial charge in [-0.3, -0.25) is 9.59 Å². The molecule has 0 saturated heterocycles. The number of anilines is 1. The fraction of sp³-hybridized carbons (Fsp3) is 0.643. The predicted molar refractivity (Wildman–Crippen MR) is 78.0 cm³/mol. The molecule has 0 aliphatic carbocycles. The molecule has 6 nitrogen and oxygen atoms in total. The third-order valence-electron chi connectivity index (χ3n) is 2.94. The van der Waals surface area contributed by atoms with Crippen LogP contribution in [0.15, 0.2) is 10.9 Å². The molecule has 1 unspecified atom stereocenters. The van der Waals surface area contributed by atoms with Crippen LogP contribution < -0.4 is 10.9 Å². The Morgan fingerprint density at radius 1 is 1.40 bits per heavy atom. The average molecular weight is 281 g/mol. The van der Waals surface area contributed by atoms with Gasteiger partial charge in [0.25, 0.3) is 5.56 Å². The monoisotopic (exact) mass is 281 g/mol. The zero-order valence-electron chi connectivity index (χ0n) is 12.4. The van der Waals surface area contributed by atoms with Crippen LogP contribution in [0.2, 0.25) is 0 Å². The molecule has 0 amide bonds. The van der Waals surface area contributed by atoms with Crippen molar-refractivity contribution in [3.8, 4) is 0 Å². The zero-order chi connectivity index (χ0) is 15.3. The SMILES string of the molecule is CC(C)CC(CNc1cc(=O)[nH]c(C(C)C)n1)C(=O)O. The second-order valence-electron chi connectivity index (χ2n) is 5.72. The standard InChI is InChI=1S/C14H23N3O3/c1-8(2)5-10(14(19)20)7-15-11-6-12(18)17-13(16-11)9(3)4/h6,8-10H,5,7H2,1-4H3,(H,19,20)(H2,15,16,17,18). The number of aromatic nitrogens is 2. The second kappa shape index (κ2) is 7.07. The molecule has 0 aliphatic heterocycles. The predicted octanol–water partition coefficient (Wildman–Crippen LogP) is 2.05. The number of aromatic amines is 1.